The monoisotopic (exact) mass is 249 g/mol. The molecule has 0 amide bonds. The molecule has 18 heavy (non-hydrogen) atoms. The third-order valence-electron chi connectivity index (χ3n) is 3.73. The van der Waals surface area contributed by atoms with Crippen molar-refractivity contribution in [1.82, 2.24) is 5.32 Å². The second-order valence-corrected chi connectivity index (χ2v) is 4.95. The Morgan fingerprint density at radius 3 is 2.56 bits per heavy atom. The van der Waals surface area contributed by atoms with Crippen molar-refractivity contribution in [2.45, 2.75) is 32.2 Å². The van der Waals surface area contributed by atoms with Gasteiger partial charge in [-0.15, -0.1) is 0 Å². The second-order valence-electron chi connectivity index (χ2n) is 4.95. The van der Waals surface area contributed by atoms with Gasteiger partial charge in [0.15, 0.2) is 11.5 Å². The summed E-state index contributed by atoms with van der Waals surface area (Å²) in [6, 6.07) is 6.08. The highest BCUT2D eigenvalue weighted by molar-refractivity contribution is 5.42. The fourth-order valence-electron chi connectivity index (χ4n) is 2.31. The van der Waals surface area contributed by atoms with E-state index in [1.807, 2.05) is 12.1 Å². The lowest BCUT2D eigenvalue weighted by molar-refractivity contribution is 0.292. The van der Waals surface area contributed by atoms with Gasteiger partial charge in [-0.2, -0.15) is 0 Å². The summed E-state index contributed by atoms with van der Waals surface area (Å²) in [6.45, 7) is 2.01. The maximum Gasteiger partial charge on any atom is 0.161 e. The van der Waals surface area contributed by atoms with Crippen LogP contribution >= 0.6 is 0 Å². The first kappa shape index (κ1) is 13.2. The Bertz CT molecular complexity index is 375. The van der Waals surface area contributed by atoms with E-state index in [4.69, 9.17) is 9.47 Å². The van der Waals surface area contributed by atoms with E-state index in [1.165, 1.54) is 31.2 Å². The Hall–Kier alpha value is -1.22. The lowest BCUT2D eigenvalue weighted by Gasteiger charge is -2.25. The third kappa shape index (κ3) is 3.39. The van der Waals surface area contributed by atoms with Crippen LogP contribution < -0.4 is 14.8 Å². The molecule has 1 aromatic carbocycles. The van der Waals surface area contributed by atoms with Gasteiger partial charge < -0.3 is 14.8 Å². The van der Waals surface area contributed by atoms with E-state index in [-0.39, 0.29) is 0 Å². The molecule has 3 heteroatoms. The zero-order valence-electron chi connectivity index (χ0n) is 11.4. The molecular formula is C15H23NO2. The summed E-state index contributed by atoms with van der Waals surface area (Å²) >= 11 is 0. The zero-order chi connectivity index (χ0) is 12.8. The van der Waals surface area contributed by atoms with Gasteiger partial charge in [-0.25, -0.2) is 0 Å². The van der Waals surface area contributed by atoms with E-state index < -0.39 is 0 Å². The van der Waals surface area contributed by atoms with Gasteiger partial charge in [0.25, 0.3) is 0 Å². The Labute approximate surface area is 109 Å². The molecule has 0 unspecified atom stereocenters. The molecule has 0 radical (unpaired) electrons. The predicted octanol–water partition coefficient (Wildman–Crippen LogP) is 2.98. The van der Waals surface area contributed by atoms with Crippen molar-refractivity contribution in [2.75, 3.05) is 20.8 Å². The molecule has 1 N–H and O–H groups in total. The fraction of sp³-hybridized carbons (Fsp3) is 0.600. The smallest absolute Gasteiger partial charge is 0.161 e. The number of benzene rings is 1. The first-order chi connectivity index (χ1) is 8.83. The molecule has 0 aliphatic heterocycles. The van der Waals surface area contributed by atoms with Crippen LogP contribution in [0.5, 0.6) is 11.5 Å². The first-order valence-corrected chi connectivity index (χ1v) is 6.75. The molecule has 1 fully saturated rings. The van der Waals surface area contributed by atoms with Gasteiger partial charge in [0.05, 0.1) is 14.2 Å². The molecule has 100 valence electrons. The van der Waals surface area contributed by atoms with Crippen LogP contribution in [0.15, 0.2) is 18.2 Å². The van der Waals surface area contributed by atoms with Gasteiger partial charge in [-0.3, -0.25) is 0 Å². The SMILES string of the molecule is COc1ccc(CNCCC2CCC2)cc1OC. The molecule has 1 aliphatic carbocycles. The Balaban J connectivity index is 1.77. The Morgan fingerprint density at radius 2 is 1.94 bits per heavy atom. The molecule has 2 rings (SSSR count). The molecule has 0 heterocycles. The van der Waals surface area contributed by atoms with Crippen LogP contribution in [0.4, 0.5) is 0 Å². The highest BCUT2D eigenvalue weighted by Gasteiger charge is 2.16. The standard InChI is InChI=1S/C15H23NO2/c1-17-14-7-6-13(10-15(14)18-2)11-16-9-8-12-4-3-5-12/h6-7,10,12,16H,3-5,8-9,11H2,1-2H3. The summed E-state index contributed by atoms with van der Waals surface area (Å²) in [5, 5.41) is 3.49. The van der Waals surface area contributed by atoms with Gasteiger partial charge in [-0.05, 0) is 36.6 Å². The molecular weight excluding hydrogens is 226 g/mol. The molecule has 1 aromatic rings. The minimum Gasteiger partial charge on any atom is -0.493 e. The lowest BCUT2D eigenvalue weighted by Crippen LogP contribution is -2.21. The third-order valence-corrected chi connectivity index (χ3v) is 3.73. The van der Waals surface area contributed by atoms with Gasteiger partial charge in [0.1, 0.15) is 0 Å². The number of rotatable bonds is 7. The van der Waals surface area contributed by atoms with E-state index in [0.29, 0.717) is 0 Å². The maximum atomic E-state index is 5.30. The lowest BCUT2D eigenvalue weighted by atomic mass is 9.83. The molecule has 0 saturated heterocycles. The molecule has 0 atom stereocenters. The summed E-state index contributed by atoms with van der Waals surface area (Å²) in [4.78, 5) is 0. The Kier molecular flexibility index (Phi) is 4.88. The molecule has 0 aromatic heterocycles. The average Bonchev–Trinajstić information content (AvgIpc) is 2.36. The van der Waals surface area contributed by atoms with Crippen molar-refractivity contribution in [3.05, 3.63) is 23.8 Å². The molecule has 3 nitrogen and oxygen atoms in total. The van der Waals surface area contributed by atoms with E-state index in [1.54, 1.807) is 14.2 Å². The van der Waals surface area contributed by atoms with Crippen LogP contribution in [0, 0.1) is 5.92 Å². The number of methoxy groups -OCH3 is 2. The summed E-state index contributed by atoms with van der Waals surface area (Å²) in [5.74, 6) is 2.56. The number of hydrogen-bond acceptors (Lipinski definition) is 3. The summed E-state index contributed by atoms with van der Waals surface area (Å²) in [5.41, 5.74) is 1.24. The van der Waals surface area contributed by atoms with Crippen LogP contribution in [0.25, 0.3) is 0 Å². The molecule has 0 bridgehead atoms. The number of nitrogens with one attached hydrogen (secondary N) is 1. The summed E-state index contributed by atoms with van der Waals surface area (Å²) < 4.78 is 10.5. The summed E-state index contributed by atoms with van der Waals surface area (Å²) in [6.07, 6.45) is 5.60. The van der Waals surface area contributed by atoms with Crippen molar-refractivity contribution in [2.24, 2.45) is 5.92 Å². The van der Waals surface area contributed by atoms with Crippen molar-refractivity contribution in [3.63, 3.8) is 0 Å². The normalized spacial score (nSPS) is 15.2. The largest absolute Gasteiger partial charge is 0.493 e. The Morgan fingerprint density at radius 1 is 1.17 bits per heavy atom. The van der Waals surface area contributed by atoms with Gasteiger partial charge in [0, 0.05) is 6.54 Å². The van der Waals surface area contributed by atoms with Crippen LogP contribution in [0.2, 0.25) is 0 Å². The average molecular weight is 249 g/mol. The first-order valence-electron chi connectivity index (χ1n) is 6.75. The molecule has 1 aliphatic rings. The van der Waals surface area contributed by atoms with E-state index in [2.05, 4.69) is 11.4 Å². The van der Waals surface area contributed by atoms with Gasteiger partial charge in [-0.1, -0.05) is 25.3 Å². The predicted molar refractivity (Wildman–Crippen MR) is 73.2 cm³/mol. The van der Waals surface area contributed by atoms with Crippen LogP contribution in [-0.2, 0) is 6.54 Å². The van der Waals surface area contributed by atoms with Crippen molar-refractivity contribution in [1.29, 1.82) is 0 Å². The van der Waals surface area contributed by atoms with E-state index >= 15 is 0 Å². The number of hydrogen-bond donors (Lipinski definition) is 1. The minimum atomic E-state index is 0.788. The van der Waals surface area contributed by atoms with Crippen LogP contribution in [0.3, 0.4) is 0 Å². The highest BCUT2D eigenvalue weighted by Crippen LogP contribution is 2.29. The van der Waals surface area contributed by atoms with Crippen LogP contribution in [-0.4, -0.2) is 20.8 Å². The molecule has 0 spiro atoms. The summed E-state index contributed by atoms with van der Waals surface area (Å²) in [7, 11) is 3.33. The second kappa shape index (κ2) is 6.64. The van der Waals surface area contributed by atoms with E-state index in [0.717, 1.165) is 30.5 Å². The topological polar surface area (TPSA) is 30.5 Å². The van der Waals surface area contributed by atoms with E-state index in [9.17, 15) is 0 Å². The minimum absolute atomic E-state index is 0.788. The molecule has 1 saturated carbocycles. The van der Waals surface area contributed by atoms with Gasteiger partial charge in [0.2, 0.25) is 0 Å². The maximum absolute atomic E-state index is 5.30. The van der Waals surface area contributed by atoms with Gasteiger partial charge >= 0.3 is 0 Å². The van der Waals surface area contributed by atoms with Crippen LogP contribution in [0.1, 0.15) is 31.2 Å². The highest BCUT2D eigenvalue weighted by atomic mass is 16.5. The fourth-order valence-corrected chi connectivity index (χ4v) is 2.31. The quantitative estimate of drug-likeness (QED) is 0.754. The number of ether oxygens (including phenoxy) is 2. The van der Waals surface area contributed by atoms with Crippen molar-refractivity contribution < 1.29 is 9.47 Å². The van der Waals surface area contributed by atoms with Crippen molar-refractivity contribution in [3.8, 4) is 11.5 Å². The zero-order valence-corrected chi connectivity index (χ0v) is 11.4. The van der Waals surface area contributed by atoms with Crippen molar-refractivity contribution >= 4 is 0 Å².